The number of nitrogens with zero attached hydrogens (tertiary/aromatic N) is 2. The summed E-state index contributed by atoms with van der Waals surface area (Å²) >= 11 is 0. The molecule has 20 heavy (non-hydrogen) atoms. The van der Waals surface area contributed by atoms with Crippen molar-refractivity contribution in [1.82, 2.24) is 4.98 Å². The number of benzene rings is 1. The van der Waals surface area contributed by atoms with Crippen LogP contribution in [0.25, 0.3) is 10.9 Å². The number of ether oxygens (including phenoxy) is 1. The van der Waals surface area contributed by atoms with Crippen molar-refractivity contribution in [2.24, 2.45) is 5.92 Å². The third kappa shape index (κ3) is 2.22. The Morgan fingerprint density at radius 2 is 2.25 bits per heavy atom. The van der Waals surface area contributed by atoms with Crippen LogP contribution in [0.1, 0.15) is 23.7 Å². The van der Waals surface area contributed by atoms with Gasteiger partial charge < -0.3 is 9.64 Å². The number of hydrogen-bond acceptors (Lipinski definition) is 4. The van der Waals surface area contributed by atoms with Crippen molar-refractivity contribution < 1.29 is 9.53 Å². The van der Waals surface area contributed by atoms with Gasteiger partial charge in [-0.3, -0.25) is 4.98 Å². The number of carbonyl (C=O) groups excluding carboxylic acids is 1. The van der Waals surface area contributed by atoms with E-state index in [1.54, 1.807) is 12.3 Å². The third-order valence-corrected chi connectivity index (χ3v) is 3.92. The van der Waals surface area contributed by atoms with Gasteiger partial charge in [0, 0.05) is 30.4 Å². The molecular weight excluding hydrogens is 252 g/mol. The van der Waals surface area contributed by atoms with Crippen molar-refractivity contribution >= 4 is 22.6 Å². The molecule has 1 fully saturated rings. The predicted molar refractivity (Wildman–Crippen MR) is 79.1 cm³/mol. The minimum atomic E-state index is -0.315. The SMILES string of the molecule is COC(=O)c1ccnc2ccc(N3CCC(C)C3)cc12. The normalized spacial score (nSPS) is 18.5. The van der Waals surface area contributed by atoms with Gasteiger partial charge in [-0.2, -0.15) is 0 Å². The Kier molecular flexibility index (Phi) is 3.30. The standard InChI is InChI=1S/C16H18N2O2/c1-11-6-8-18(10-11)12-3-4-15-14(9-12)13(5-7-17-15)16(19)20-2/h3-5,7,9,11H,6,8,10H2,1-2H3. The van der Waals surface area contributed by atoms with Crippen LogP contribution >= 0.6 is 0 Å². The zero-order valence-corrected chi connectivity index (χ0v) is 11.8. The number of methoxy groups -OCH3 is 1. The number of aromatic nitrogens is 1. The first-order valence-corrected chi connectivity index (χ1v) is 6.91. The summed E-state index contributed by atoms with van der Waals surface area (Å²) in [5, 5.41) is 0.858. The van der Waals surface area contributed by atoms with Crippen molar-refractivity contribution in [1.29, 1.82) is 0 Å². The molecule has 1 atom stereocenters. The maximum absolute atomic E-state index is 11.8. The van der Waals surface area contributed by atoms with Gasteiger partial charge in [-0.25, -0.2) is 4.79 Å². The minimum absolute atomic E-state index is 0.315. The highest BCUT2D eigenvalue weighted by Crippen LogP contribution is 2.28. The van der Waals surface area contributed by atoms with E-state index >= 15 is 0 Å². The minimum Gasteiger partial charge on any atom is -0.465 e. The van der Waals surface area contributed by atoms with Crippen molar-refractivity contribution in [3.05, 3.63) is 36.0 Å². The number of hydrogen-bond donors (Lipinski definition) is 0. The largest absolute Gasteiger partial charge is 0.465 e. The third-order valence-electron chi connectivity index (χ3n) is 3.92. The zero-order valence-electron chi connectivity index (χ0n) is 11.8. The van der Waals surface area contributed by atoms with E-state index in [0.717, 1.165) is 35.6 Å². The summed E-state index contributed by atoms with van der Waals surface area (Å²) in [5.41, 5.74) is 2.55. The smallest absolute Gasteiger partial charge is 0.338 e. The van der Waals surface area contributed by atoms with Gasteiger partial charge in [0.05, 0.1) is 18.2 Å². The maximum atomic E-state index is 11.8. The average Bonchev–Trinajstić information content (AvgIpc) is 2.92. The summed E-state index contributed by atoms with van der Waals surface area (Å²) in [7, 11) is 1.40. The summed E-state index contributed by atoms with van der Waals surface area (Å²) in [6.45, 7) is 4.41. The Hall–Kier alpha value is -2.10. The second kappa shape index (κ2) is 5.12. The van der Waals surface area contributed by atoms with Crippen LogP contribution in [0.5, 0.6) is 0 Å². The highest BCUT2D eigenvalue weighted by atomic mass is 16.5. The zero-order chi connectivity index (χ0) is 14.1. The Balaban J connectivity index is 2.07. The molecule has 0 bridgehead atoms. The first-order chi connectivity index (χ1) is 9.69. The molecule has 1 aliphatic heterocycles. The second-order valence-electron chi connectivity index (χ2n) is 5.39. The van der Waals surface area contributed by atoms with Crippen molar-refractivity contribution in [2.75, 3.05) is 25.1 Å². The molecule has 2 heterocycles. The van der Waals surface area contributed by atoms with Crippen molar-refractivity contribution in [2.45, 2.75) is 13.3 Å². The number of carbonyl (C=O) groups is 1. The van der Waals surface area contributed by atoms with E-state index < -0.39 is 0 Å². The lowest BCUT2D eigenvalue weighted by Gasteiger charge is -2.19. The molecule has 0 saturated carbocycles. The first kappa shape index (κ1) is 12.9. The lowest BCUT2D eigenvalue weighted by Crippen LogP contribution is -2.18. The van der Waals surface area contributed by atoms with Crippen LogP contribution in [-0.2, 0) is 4.74 Å². The molecule has 4 heteroatoms. The van der Waals surface area contributed by atoms with Gasteiger partial charge in [-0.1, -0.05) is 6.92 Å². The summed E-state index contributed by atoms with van der Waals surface area (Å²) in [6.07, 6.45) is 2.86. The van der Waals surface area contributed by atoms with Gasteiger partial charge in [0.15, 0.2) is 0 Å². The van der Waals surface area contributed by atoms with Gasteiger partial charge in [0.1, 0.15) is 0 Å². The van der Waals surface area contributed by atoms with E-state index in [0.29, 0.717) is 5.56 Å². The molecule has 0 amide bonds. The van der Waals surface area contributed by atoms with E-state index in [4.69, 9.17) is 4.74 Å². The van der Waals surface area contributed by atoms with E-state index in [1.165, 1.54) is 13.5 Å². The van der Waals surface area contributed by atoms with E-state index in [1.807, 2.05) is 12.1 Å². The molecule has 1 saturated heterocycles. The Labute approximate surface area is 118 Å². The molecule has 1 aromatic heterocycles. The molecule has 0 spiro atoms. The van der Waals surface area contributed by atoms with Crippen LogP contribution in [0.3, 0.4) is 0 Å². The van der Waals surface area contributed by atoms with Gasteiger partial charge in [0.2, 0.25) is 0 Å². The van der Waals surface area contributed by atoms with Gasteiger partial charge >= 0.3 is 5.97 Å². The number of pyridine rings is 1. The second-order valence-corrected chi connectivity index (χ2v) is 5.39. The van der Waals surface area contributed by atoms with Gasteiger partial charge in [0.25, 0.3) is 0 Å². The molecule has 3 rings (SSSR count). The van der Waals surface area contributed by atoms with Crippen LogP contribution in [0.15, 0.2) is 30.5 Å². The molecule has 0 aliphatic carbocycles. The molecule has 104 valence electrons. The van der Waals surface area contributed by atoms with Crippen LogP contribution < -0.4 is 4.90 Å². The van der Waals surface area contributed by atoms with Crippen LogP contribution in [-0.4, -0.2) is 31.2 Å². The molecule has 0 N–H and O–H groups in total. The number of esters is 1. The summed E-state index contributed by atoms with van der Waals surface area (Å²) in [5.74, 6) is 0.406. The summed E-state index contributed by atoms with van der Waals surface area (Å²) in [6, 6.07) is 7.81. The van der Waals surface area contributed by atoms with Crippen molar-refractivity contribution in [3.8, 4) is 0 Å². The quantitative estimate of drug-likeness (QED) is 0.787. The van der Waals surface area contributed by atoms with Crippen LogP contribution in [0.4, 0.5) is 5.69 Å². The highest BCUT2D eigenvalue weighted by molar-refractivity contribution is 6.04. The Morgan fingerprint density at radius 1 is 1.40 bits per heavy atom. The average molecular weight is 270 g/mol. The topological polar surface area (TPSA) is 42.4 Å². The summed E-state index contributed by atoms with van der Waals surface area (Å²) in [4.78, 5) is 18.5. The number of anilines is 1. The molecule has 0 radical (unpaired) electrons. The first-order valence-electron chi connectivity index (χ1n) is 6.91. The number of fused-ring (bicyclic) bond motifs is 1. The molecule has 1 unspecified atom stereocenters. The Bertz CT molecular complexity index is 654. The van der Waals surface area contributed by atoms with E-state index in [2.05, 4.69) is 22.9 Å². The number of rotatable bonds is 2. The highest BCUT2D eigenvalue weighted by Gasteiger charge is 2.20. The van der Waals surface area contributed by atoms with E-state index in [-0.39, 0.29) is 5.97 Å². The molecular formula is C16H18N2O2. The van der Waals surface area contributed by atoms with Crippen LogP contribution in [0, 0.1) is 5.92 Å². The fourth-order valence-corrected chi connectivity index (χ4v) is 2.79. The molecule has 2 aromatic rings. The fraction of sp³-hybridized carbons (Fsp3) is 0.375. The predicted octanol–water partition coefficient (Wildman–Crippen LogP) is 2.87. The summed E-state index contributed by atoms with van der Waals surface area (Å²) < 4.78 is 4.85. The van der Waals surface area contributed by atoms with Crippen LogP contribution in [0.2, 0.25) is 0 Å². The van der Waals surface area contributed by atoms with E-state index in [9.17, 15) is 4.79 Å². The van der Waals surface area contributed by atoms with Crippen molar-refractivity contribution in [3.63, 3.8) is 0 Å². The fourth-order valence-electron chi connectivity index (χ4n) is 2.79. The lowest BCUT2D eigenvalue weighted by atomic mass is 10.1. The van der Waals surface area contributed by atoms with Gasteiger partial charge in [-0.15, -0.1) is 0 Å². The monoisotopic (exact) mass is 270 g/mol. The van der Waals surface area contributed by atoms with Gasteiger partial charge in [-0.05, 0) is 36.6 Å². The molecule has 4 nitrogen and oxygen atoms in total. The molecule has 1 aromatic carbocycles. The lowest BCUT2D eigenvalue weighted by molar-refractivity contribution is 0.0603. The Morgan fingerprint density at radius 3 is 2.95 bits per heavy atom. The maximum Gasteiger partial charge on any atom is 0.338 e. The molecule has 1 aliphatic rings.